The number of nitrogens with one attached hydrogen (secondary N) is 1. The van der Waals surface area contributed by atoms with E-state index in [1.807, 2.05) is 25.1 Å². The Morgan fingerprint density at radius 1 is 1.29 bits per heavy atom. The van der Waals surface area contributed by atoms with E-state index in [2.05, 4.69) is 37.4 Å². The van der Waals surface area contributed by atoms with Crippen molar-refractivity contribution in [1.82, 2.24) is 5.32 Å². The van der Waals surface area contributed by atoms with Crippen molar-refractivity contribution in [1.29, 1.82) is 0 Å². The average Bonchev–Trinajstić information content (AvgIpc) is 2.35. The second-order valence-electron chi connectivity index (χ2n) is 4.07. The standard InChI is InChI=1S/C15H23NO/c1-4-12-16-13(3)10-11-14-8-6-7-9-15(14)17-5-2/h6-11,13,16H,4-5,12H2,1-3H3/b11-10+. The van der Waals surface area contributed by atoms with E-state index in [0.717, 1.165) is 24.3 Å². The molecule has 1 unspecified atom stereocenters. The zero-order chi connectivity index (χ0) is 12.5. The summed E-state index contributed by atoms with van der Waals surface area (Å²) in [6, 6.07) is 8.51. The third-order valence-corrected chi connectivity index (χ3v) is 2.50. The lowest BCUT2D eigenvalue weighted by Gasteiger charge is -2.09. The molecule has 17 heavy (non-hydrogen) atoms. The van der Waals surface area contributed by atoms with Gasteiger partial charge in [-0.15, -0.1) is 0 Å². The summed E-state index contributed by atoms with van der Waals surface area (Å²) in [5.41, 5.74) is 1.14. The van der Waals surface area contributed by atoms with Crippen LogP contribution in [0.3, 0.4) is 0 Å². The Kier molecular flexibility index (Phi) is 6.41. The summed E-state index contributed by atoms with van der Waals surface area (Å²) >= 11 is 0. The molecule has 0 heterocycles. The molecule has 0 amide bonds. The largest absolute Gasteiger partial charge is 0.493 e. The van der Waals surface area contributed by atoms with Gasteiger partial charge in [0.25, 0.3) is 0 Å². The molecule has 2 nitrogen and oxygen atoms in total. The van der Waals surface area contributed by atoms with Crippen LogP contribution < -0.4 is 10.1 Å². The zero-order valence-corrected chi connectivity index (χ0v) is 11.1. The lowest BCUT2D eigenvalue weighted by Crippen LogP contribution is -2.24. The maximum Gasteiger partial charge on any atom is 0.126 e. The Labute approximate surface area is 105 Å². The fourth-order valence-electron chi connectivity index (χ4n) is 1.59. The van der Waals surface area contributed by atoms with Gasteiger partial charge in [-0.25, -0.2) is 0 Å². The van der Waals surface area contributed by atoms with Crippen LogP contribution in [0.2, 0.25) is 0 Å². The van der Waals surface area contributed by atoms with Crippen molar-refractivity contribution >= 4 is 6.08 Å². The number of rotatable bonds is 7. The highest BCUT2D eigenvalue weighted by molar-refractivity contribution is 5.57. The Bertz CT molecular complexity index is 347. The predicted molar refractivity (Wildman–Crippen MR) is 74.4 cm³/mol. The van der Waals surface area contributed by atoms with E-state index >= 15 is 0 Å². The first-order valence-corrected chi connectivity index (χ1v) is 6.41. The van der Waals surface area contributed by atoms with Crippen molar-refractivity contribution < 1.29 is 4.74 Å². The molecule has 0 bridgehead atoms. The van der Waals surface area contributed by atoms with Gasteiger partial charge in [-0.3, -0.25) is 0 Å². The molecule has 0 radical (unpaired) electrons. The van der Waals surface area contributed by atoms with E-state index in [-0.39, 0.29) is 0 Å². The highest BCUT2D eigenvalue weighted by Crippen LogP contribution is 2.19. The van der Waals surface area contributed by atoms with Crippen molar-refractivity contribution in [3.05, 3.63) is 35.9 Å². The van der Waals surface area contributed by atoms with E-state index in [4.69, 9.17) is 4.74 Å². The predicted octanol–water partition coefficient (Wildman–Crippen LogP) is 3.49. The van der Waals surface area contributed by atoms with Crippen LogP contribution in [0.1, 0.15) is 32.8 Å². The van der Waals surface area contributed by atoms with Crippen LogP contribution in [0.5, 0.6) is 5.75 Å². The van der Waals surface area contributed by atoms with Crippen molar-refractivity contribution in [2.45, 2.75) is 33.2 Å². The van der Waals surface area contributed by atoms with Crippen LogP contribution in [0.15, 0.2) is 30.3 Å². The van der Waals surface area contributed by atoms with Gasteiger partial charge in [0.1, 0.15) is 5.75 Å². The number of hydrogen-bond donors (Lipinski definition) is 1. The summed E-state index contributed by atoms with van der Waals surface area (Å²) in [6.07, 6.45) is 5.46. The smallest absolute Gasteiger partial charge is 0.126 e. The summed E-state index contributed by atoms with van der Waals surface area (Å²) in [7, 11) is 0. The molecule has 1 atom stereocenters. The van der Waals surface area contributed by atoms with Gasteiger partial charge in [0, 0.05) is 11.6 Å². The second kappa shape index (κ2) is 7.91. The summed E-state index contributed by atoms with van der Waals surface area (Å²) < 4.78 is 5.58. The number of hydrogen-bond acceptors (Lipinski definition) is 2. The third-order valence-electron chi connectivity index (χ3n) is 2.50. The summed E-state index contributed by atoms with van der Waals surface area (Å²) in [5, 5.41) is 3.43. The van der Waals surface area contributed by atoms with Crippen LogP contribution >= 0.6 is 0 Å². The molecule has 0 spiro atoms. The molecule has 1 rings (SSSR count). The first kappa shape index (κ1) is 13.8. The van der Waals surface area contributed by atoms with Gasteiger partial charge in [-0.05, 0) is 32.9 Å². The monoisotopic (exact) mass is 233 g/mol. The molecule has 0 aliphatic rings. The molecule has 1 N–H and O–H groups in total. The Balaban J connectivity index is 2.63. The molecule has 2 heteroatoms. The molecule has 1 aromatic rings. The first-order valence-electron chi connectivity index (χ1n) is 6.41. The number of benzene rings is 1. The zero-order valence-electron chi connectivity index (χ0n) is 11.1. The fourth-order valence-corrected chi connectivity index (χ4v) is 1.59. The van der Waals surface area contributed by atoms with Crippen molar-refractivity contribution in [2.24, 2.45) is 0 Å². The molecule has 0 fully saturated rings. The highest BCUT2D eigenvalue weighted by atomic mass is 16.5. The van der Waals surface area contributed by atoms with Crippen LogP contribution in [0.25, 0.3) is 6.08 Å². The van der Waals surface area contributed by atoms with E-state index in [1.165, 1.54) is 0 Å². The summed E-state index contributed by atoms with van der Waals surface area (Å²) in [5.74, 6) is 0.953. The highest BCUT2D eigenvalue weighted by Gasteiger charge is 1.99. The molecule has 1 aromatic carbocycles. The number of ether oxygens (including phenoxy) is 1. The Hall–Kier alpha value is -1.28. The maximum absolute atomic E-state index is 5.58. The van der Waals surface area contributed by atoms with E-state index in [9.17, 15) is 0 Å². The lowest BCUT2D eigenvalue weighted by molar-refractivity contribution is 0.339. The van der Waals surface area contributed by atoms with Gasteiger partial charge < -0.3 is 10.1 Å². The molecule has 0 aromatic heterocycles. The van der Waals surface area contributed by atoms with E-state index in [0.29, 0.717) is 12.6 Å². The SMILES string of the molecule is CCCNC(C)/C=C/c1ccccc1OCC. The van der Waals surface area contributed by atoms with Gasteiger partial charge in [-0.2, -0.15) is 0 Å². The van der Waals surface area contributed by atoms with Crippen LogP contribution in [-0.4, -0.2) is 19.2 Å². The Morgan fingerprint density at radius 3 is 2.76 bits per heavy atom. The third kappa shape index (κ3) is 5.05. The normalized spacial score (nSPS) is 12.9. The van der Waals surface area contributed by atoms with Crippen LogP contribution in [0.4, 0.5) is 0 Å². The van der Waals surface area contributed by atoms with E-state index < -0.39 is 0 Å². The summed E-state index contributed by atoms with van der Waals surface area (Å²) in [4.78, 5) is 0. The summed E-state index contributed by atoms with van der Waals surface area (Å²) in [6.45, 7) is 8.10. The van der Waals surface area contributed by atoms with Gasteiger partial charge in [0.2, 0.25) is 0 Å². The molecule has 0 saturated carbocycles. The minimum atomic E-state index is 0.393. The van der Waals surface area contributed by atoms with Crippen LogP contribution in [-0.2, 0) is 0 Å². The van der Waals surface area contributed by atoms with Crippen molar-refractivity contribution in [3.63, 3.8) is 0 Å². The molecular formula is C15H23NO. The lowest BCUT2D eigenvalue weighted by atomic mass is 10.1. The van der Waals surface area contributed by atoms with Gasteiger partial charge in [0.05, 0.1) is 6.61 Å². The van der Waals surface area contributed by atoms with Crippen LogP contribution in [0, 0.1) is 0 Å². The number of para-hydroxylation sites is 1. The van der Waals surface area contributed by atoms with Gasteiger partial charge in [0.15, 0.2) is 0 Å². The van der Waals surface area contributed by atoms with E-state index in [1.54, 1.807) is 0 Å². The molecule has 0 aliphatic heterocycles. The average molecular weight is 233 g/mol. The van der Waals surface area contributed by atoms with Crippen molar-refractivity contribution in [3.8, 4) is 5.75 Å². The maximum atomic E-state index is 5.58. The topological polar surface area (TPSA) is 21.3 Å². The minimum absolute atomic E-state index is 0.393. The minimum Gasteiger partial charge on any atom is -0.493 e. The second-order valence-corrected chi connectivity index (χ2v) is 4.07. The molecule has 0 aliphatic carbocycles. The van der Waals surface area contributed by atoms with Gasteiger partial charge in [-0.1, -0.05) is 37.3 Å². The Morgan fingerprint density at radius 2 is 2.06 bits per heavy atom. The molecular weight excluding hydrogens is 210 g/mol. The molecule has 0 saturated heterocycles. The fraction of sp³-hybridized carbons (Fsp3) is 0.467. The molecule has 94 valence electrons. The van der Waals surface area contributed by atoms with Crippen molar-refractivity contribution in [2.75, 3.05) is 13.2 Å². The quantitative estimate of drug-likeness (QED) is 0.778. The van der Waals surface area contributed by atoms with Gasteiger partial charge >= 0.3 is 0 Å². The first-order chi connectivity index (χ1) is 8.27.